The van der Waals surface area contributed by atoms with Gasteiger partial charge in [0.1, 0.15) is 0 Å². The van der Waals surface area contributed by atoms with Crippen LogP contribution >= 0.6 is 0 Å². The third-order valence-corrected chi connectivity index (χ3v) is 4.59. The lowest BCUT2D eigenvalue weighted by Crippen LogP contribution is -2.58. The summed E-state index contributed by atoms with van der Waals surface area (Å²) in [6, 6.07) is 0.683. The molecule has 0 aliphatic carbocycles. The molecular formula is C17H38N2. The highest BCUT2D eigenvalue weighted by Crippen LogP contribution is 2.30. The first kappa shape index (κ1) is 18.9. The number of unbranched alkanes of at least 4 members (excludes halogenated alkanes) is 1. The number of nitrogens with zero attached hydrogens (tertiary/aromatic N) is 1. The summed E-state index contributed by atoms with van der Waals surface area (Å²) < 4.78 is 0. The highest BCUT2D eigenvalue weighted by atomic mass is 15.2. The van der Waals surface area contributed by atoms with Crippen LogP contribution < -0.4 is 5.73 Å². The molecular weight excluding hydrogens is 232 g/mol. The van der Waals surface area contributed by atoms with Gasteiger partial charge in [0.05, 0.1) is 0 Å². The predicted octanol–water partition coefficient (Wildman–Crippen LogP) is 4.43. The normalized spacial score (nSPS) is 15.5. The zero-order valence-corrected chi connectivity index (χ0v) is 14.3. The second-order valence-corrected chi connectivity index (χ2v) is 6.40. The molecule has 0 aromatic rings. The van der Waals surface area contributed by atoms with Crippen LogP contribution in [-0.2, 0) is 0 Å². The third kappa shape index (κ3) is 5.43. The molecule has 0 rings (SSSR count). The van der Waals surface area contributed by atoms with Crippen molar-refractivity contribution in [2.24, 2.45) is 11.7 Å². The van der Waals surface area contributed by atoms with E-state index in [0.29, 0.717) is 12.0 Å². The van der Waals surface area contributed by atoms with Crippen molar-refractivity contribution in [3.8, 4) is 0 Å². The lowest BCUT2D eigenvalue weighted by molar-refractivity contribution is 0.0206. The van der Waals surface area contributed by atoms with Crippen molar-refractivity contribution in [3.05, 3.63) is 0 Å². The molecule has 0 spiro atoms. The van der Waals surface area contributed by atoms with Crippen molar-refractivity contribution in [1.82, 2.24) is 4.90 Å². The van der Waals surface area contributed by atoms with E-state index >= 15 is 0 Å². The standard InChI is InChI=1S/C17H38N2/c1-7-11-12-17(10-4,14-18)19(13-15(5)6)16(8-2)9-3/h15-16H,7-14,18H2,1-6H3. The van der Waals surface area contributed by atoms with E-state index in [1.807, 2.05) is 0 Å². The van der Waals surface area contributed by atoms with Gasteiger partial charge in [-0.05, 0) is 31.6 Å². The second kappa shape index (κ2) is 9.77. The molecule has 0 aromatic heterocycles. The molecule has 0 heterocycles. The number of nitrogens with two attached hydrogens (primary N) is 1. The number of hydrogen-bond donors (Lipinski definition) is 1. The van der Waals surface area contributed by atoms with E-state index in [2.05, 4.69) is 46.4 Å². The Labute approximate surface area is 122 Å². The maximum absolute atomic E-state index is 6.24. The highest BCUT2D eigenvalue weighted by molar-refractivity contribution is 4.94. The van der Waals surface area contributed by atoms with Crippen LogP contribution in [0, 0.1) is 5.92 Å². The van der Waals surface area contributed by atoms with Crippen molar-refractivity contribution in [2.45, 2.75) is 91.6 Å². The molecule has 0 saturated heterocycles. The van der Waals surface area contributed by atoms with E-state index in [9.17, 15) is 0 Å². The zero-order chi connectivity index (χ0) is 14.9. The molecule has 1 unspecified atom stereocenters. The summed E-state index contributed by atoms with van der Waals surface area (Å²) in [5.74, 6) is 0.708. The van der Waals surface area contributed by atoms with Gasteiger partial charge >= 0.3 is 0 Å². The fourth-order valence-electron chi connectivity index (χ4n) is 3.25. The Morgan fingerprint density at radius 1 is 1.05 bits per heavy atom. The minimum absolute atomic E-state index is 0.219. The van der Waals surface area contributed by atoms with Crippen LogP contribution in [0.2, 0.25) is 0 Å². The van der Waals surface area contributed by atoms with E-state index in [4.69, 9.17) is 5.73 Å². The fraction of sp³-hybridized carbons (Fsp3) is 1.00. The van der Waals surface area contributed by atoms with Gasteiger partial charge in [-0.25, -0.2) is 0 Å². The number of hydrogen-bond acceptors (Lipinski definition) is 2. The molecule has 0 saturated carbocycles. The summed E-state index contributed by atoms with van der Waals surface area (Å²) in [4.78, 5) is 2.76. The van der Waals surface area contributed by atoms with Gasteiger partial charge in [0.15, 0.2) is 0 Å². The third-order valence-electron chi connectivity index (χ3n) is 4.59. The Kier molecular flexibility index (Phi) is 9.72. The molecule has 0 bridgehead atoms. The molecule has 0 aliphatic rings. The van der Waals surface area contributed by atoms with Crippen molar-refractivity contribution in [1.29, 1.82) is 0 Å². The van der Waals surface area contributed by atoms with Crippen molar-refractivity contribution >= 4 is 0 Å². The molecule has 2 heteroatoms. The van der Waals surface area contributed by atoms with Crippen LogP contribution in [-0.4, -0.2) is 29.6 Å². The topological polar surface area (TPSA) is 29.3 Å². The molecule has 2 N–H and O–H groups in total. The molecule has 19 heavy (non-hydrogen) atoms. The predicted molar refractivity (Wildman–Crippen MR) is 87.5 cm³/mol. The van der Waals surface area contributed by atoms with Gasteiger partial charge in [-0.1, -0.05) is 54.4 Å². The molecule has 2 nitrogen and oxygen atoms in total. The summed E-state index contributed by atoms with van der Waals surface area (Å²) in [7, 11) is 0. The maximum atomic E-state index is 6.24. The Morgan fingerprint density at radius 2 is 1.63 bits per heavy atom. The zero-order valence-electron chi connectivity index (χ0n) is 14.3. The SMILES string of the molecule is CCCCC(CC)(CN)N(CC(C)C)C(CC)CC. The van der Waals surface area contributed by atoms with E-state index in [1.165, 1.54) is 45.1 Å². The first-order valence-electron chi connectivity index (χ1n) is 8.47. The average Bonchev–Trinajstić information content (AvgIpc) is 2.41. The van der Waals surface area contributed by atoms with Gasteiger partial charge < -0.3 is 5.73 Å². The van der Waals surface area contributed by atoms with Crippen LogP contribution in [0.1, 0.15) is 80.1 Å². The van der Waals surface area contributed by atoms with Gasteiger partial charge in [-0.2, -0.15) is 0 Å². The average molecular weight is 271 g/mol. The maximum Gasteiger partial charge on any atom is 0.0332 e. The van der Waals surface area contributed by atoms with E-state index in [-0.39, 0.29) is 5.54 Å². The van der Waals surface area contributed by atoms with Crippen molar-refractivity contribution < 1.29 is 0 Å². The van der Waals surface area contributed by atoms with Crippen LogP contribution in [0.3, 0.4) is 0 Å². The summed E-state index contributed by atoms with van der Waals surface area (Å²) >= 11 is 0. The largest absolute Gasteiger partial charge is 0.329 e. The summed E-state index contributed by atoms with van der Waals surface area (Å²) in [5.41, 5.74) is 6.46. The summed E-state index contributed by atoms with van der Waals surface area (Å²) in [6.45, 7) is 15.9. The van der Waals surface area contributed by atoms with Crippen molar-refractivity contribution in [2.75, 3.05) is 13.1 Å². The van der Waals surface area contributed by atoms with Crippen LogP contribution in [0.4, 0.5) is 0 Å². The van der Waals surface area contributed by atoms with Gasteiger partial charge in [0.2, 0.25) is 0 Å². The first-order valence-corrected chi connectivity index (χ1v) is 8.47. The minimum atomic E-state index is 0.219. The van der Waals surface area contributed by atoms with Gasteiger partial charge in [0.25, 0.3) is 0 Å². The van der Waals surface area contributed by atoms with Crippen LogP contribution in [0.15, 0.2) is 0 Å². The van der Waals surface area contributed by atoms with Gasteiger partial charge in [-0.15, -0.1) is 0 Å². The Morgan fingerprint density at radius 3 is 1.95 bits per heavy atom. The van der Waals surface area contributed by atoms with Crippen LogP contribution in [0.5, 0.6) is 0 Å². The van der Waals surface area contributed by atoms with Gasteiger partial charge in [0, 0.05) is 24.7 Å². The number of rotatable bonds is 11. The molecule has 0 aliphatic heterocycles. The molecule has 0 fully saturated rings. The monoisotopic (exact) mass is 270 g/mol. The minimum Gasteiger partial charge on any atom is -0.329 e. The second-order valence-electron chi connectivity index (χ2n) is 6.40. The van der Waals surface area contributed by atoms with E-state index < -0.39 is 0 Å². The molecule has 116 valence electrons. The highest BCUT2D eigenvalue weighted by Gasteiger charge is 2.36. The lowest BCUT2D eigenvalue weighted by Gasteiger charge is -2.48. The Hall–Kier alpha value is -0.0800. The summed E-state index contributed by atoms with van der Waals surface area (Å²) in [5, 5.41) is 0. The quantitative estimate of drug-likeness (QED) is 0.602. The molecule has 0 amide bonds. The molecule has 1 atom stereocenters. The van der Waals surface area contributed by atoms with Crippen LogP contribution in [0.25, 0.3) is 0 Å². The molecule has 0 radical (unpaired) electrons. The smallest absolute Gasteiger partial charge is 0.0332 e. The Balaban J connectivity index is 5.20. The van der Waals surface area contributed by atoms with Gasteiger partial charge in [-0.3, -0.25) is 4.90 Å². The van der Waals surface area contributed by atoms with E-state index in [0.717, 1.165) is 6.54 Å². The van der Waals surface area contributed by atoms with E-state index in [1.54, 1.807) is 0 Å². The lowest BCUT2D eigenvalue weighted by atomic mass is 9.84. The fourth-order valence-corrected chi connectivity index (χ4v) is 3.25. The van der Waals surface area contributed by atoms with Crippen molar-refractivity contribution in [3.63, 3.8) is 0 Å². The Bertz CT molecular complexity index is 205. The summed E-state index contributed by atoms with van der Waals surface area (Å²) in [6.07, 6.45) is 7.45. The first-order chi connectivity index (χ1) is 9.01. The molecule has 0 aromatic carbocycles.